The highest BCUT2D eigenvalue weighted by Crippen LogP contribution is 2.23. The molecule has 1 aromatic heterocycles. The highest BCUT2D eigenvalue weighted by molar-refractivity contribution is 9.10. The van der Waals surface area contributed by atoms with Crippen LogP contribution in [-0.4, -0.2) is 29.6 Å². The normalized spacial score (nSPS) is 11.6. The van der Waals surface area contributed by atoms with Gasteiger partial charge in [-0.05, 0) is 42.6 Å². The lowest BCUT2D eigenvalue weighted by molar-refractivity contribution is -0.150. The van der Waals surface area contributed by atoms with Crippen LogP contribution in [0.4, 0.5) is 5.00 Å². The molecule has 2 amide bonds. The summed E-state index contributed by atoms with van der Waals surface area (Å²) >= 11 is 5.83. The van der Waals surface area contributed by atoms with Gasteiger partial charge in [0, 0.05) is 9.37 Å². The molecule has 0 radical (unpaired) electrons. The van der Waals surface area contributed by atoms with E-state index in [1.54, 1.807) is 5.38 Å². The Morgan fingerprint density at radius 2 is 1.96 bits per heavy atom. The summed E-state index contributed by atoms with van der Waals surface area (Å²) in [5.74, 6) is -1.57. The van der Waals surface area contributed by atoms with Crippen LogP contribution in [0.3, 0.4) is 0 Å². The van der Waals surface area contributed by atoms with Gasteiger partial charge in [0.15, 0.2) is 6.10 Å². The number of hydrogen-bond acceptors (Lipinski definition) is 6. The van der Waals surface area contributed by atoms with Crippen LogP contribution < -0.4 is 11.1 Å². The minimum Gasteiger partial charge on any atom is -0.452 e. The second-order valence-corrected chi connectivity index (χ2v) is 7.77. The van der Waals surface area contributed by atoms with Crippen molar-refractivity contribution in [1.82, 2.24) is 0 Å². The average molecular weight is 443 g/mol. The second kappa shape index (κ2) is 9.02. The molecule has 9 heteroatoms. The van der Waals surface area contributed by atoms with E-state index in [0.717, 1.165) is 9.37 Å². The first-order chi connectivity index (χ1) is 11.9. The smallest absolute Gasteiger partial charge is 0.317 e. The van der Waals surface area contributed by atoms with Crippen LogP contribution in [0.2, 0.25) is 0 Å². The van der Waals surface area contributed by atoms with Crippen LogP contribution >= 0.6 is 39.0 Å². The van der Waals surface area contributed by atoms with Crippen molar-refractivity contribution in [1.29, 1.82) is 0 Å². The molecule has 25 heavy (non-hydrogen) atoms. The third-order valence-electron chi connectivity index (χ3n) is 3.02. The van der Waals surface area contributed by atoms with E-state index in [1.165, 1.54) is 36.1 Å². The Hall–Kier alpha value is -1.84. The van der Waals surface area contributed by atoms with E-state index in [9.17, 15) is 14.4 Å². The number of carbonyl (C=O) groups is 3. The lowest BCUT2D eigenvalue weighted by Gasteiger charge is -2.13. The fraction of sp³-hybridized carbons (Fsp3) is 0.188. The molecule has 1 unspecified atom stereocenters. The van der Waals surface area contributed by atoms with Crippen molar-refractivity contribution in [2.45, 2.75) is 17.9 Å². The minimum absolute atomic E-state index is 0.0881. The summed E-state index contributed by atoms with van der Waals surface area (Å²) in [5.41, 5.74) is 5.45. The van der Waals surface area contributed by atoms with Gasteiger partial charge in [0.2, 0.25) is 0 Å². The highest BCUT2D eigenvalue weighted by atomic mass is 79.9. The number of thiophene rings is 1. The predicted molar refractivity (Wildman–Crippen MR) is 102 cm³/mol. The monoisotopic (exact) mass is 442 g/mol. The largest absolute Gasteiger partial charge is 0.452 e. The molecule has 132 valence electrons. The molecule has 0 saturated heterocycles. The van der Waals surface area contributed by atoms with Gasteiger partial charge in [0.1, 0.15) is 5.00 Å². The van der Waals surface area contributed by atoms with Gasteiger partial charge in [-0.25, -0.2) is 0 Å². The molecule has 0 aliphatic carbocycles. The number of primary amides is 1. The van der Waals surface area contributed by atoms with Crippen molar-refractivity contribution in [3.63, 3.8) is 0 Å². The molecule has 1 atom stereocenters. The molecule has 0 bridgehead atoms. The van der Waals surface area contributed by atoms with E-state index < -0.39 is 23.9 Å². The van der Waals surface area contributed by atoms with Gasteiger partial charge in [-0.1, -0.05) is 15.9 Å². The highest BCUT2D eigenvalue weighted by Gasteiger charge is 2.20. The van der Waals surface area contributed by atoms with Crippen LogP contribution in [0.5, 0.6) is 0 Å². The summed E-state index contributed by atoms with van der Waals surface area (Å²) in [6.07, 6.45) is -0.985. The number of thioether (sulfide) groups is 1. The quantitative estimate of drug-likeness (QED) is 0.506. The van der Waals surface area contributed by atoms with Gasteiger partial charge in [-0.3, -0.25) is 14.4 Å². The van der Waals surface area contributed by atoms with Crippen molar-refractivity contribution in [2.24, 2.45) is 5.73 Å². The molecule has 6 nitrogen and oxygen atoms in total. The third kappa shape index (κ3) is 5.87. The fourth-order valence-corrected chi connectivity index (χ4v) is 3.51. The number of halogens is 1. The summed E-state index contributed by atoms with van der Waals surface area (Å²) in [4.78, 5) is 36.1. The summed E-state index contributed by atoms with van der Waals surface area (Å²) < 4.78 is 6.07. The lowest BCUT2D eigenvalue weighted by atomic mass is 10.3. The van der Waals surface area contributed by atoms with Crippen molar-refractivity contribution in [3.8, 4) is 0 Å². The number of nitrogens with one attached hydrogen (secondary N) is 1. The lowest BCUT2D eigenvalue weighted by Crippen LogP contribution is -2.31. The van der Waals surface area contributed by atoms with Gasteiger partial charge in [0.05, 0.1) is 11.3 Å². The molecule has 2 aromatic rings. The van der Waals surface area contributed by atoms with Crippen LogP contribution in [0, 0.1) is 0 Å². The number of hydrogen-bond donors (Lipinski definition) is 2. The first-order valence-corrected chi connectivity index (χ1v) is 9.78. The Morgan fingerprint density at radius 3 is 2.60 bits per heavy atom. The Labute approximate surface area is 161 Å². The van der Waals surface area contributed by atoms with E-state index in [2.05, 4.69) is 21.2 Å². The van der Waals surface area contributed by atoms with Crippen molar-refractivity contribution >= 4 is 61.8 Å². The van der Waals surface area contributed by atoms with Crippen LogP contribution in [0.25, 0.3) is 0 Å². The number of esters is 1. The molecule has 1 aromatic carbocycles. The predicted octanol–water partition coefficient (Wildman–Crippen LogP) is 3.27. The second-order valence-electron chi connectivity index (χ2n) is 4.89. The van der Waals surface area contributed by atoms with Gasteiger partial charge < -0.3 is 15.8 Å². The average Bonchev–Trinajstić information content (AvgIpc) is 3.02. The number of amides is 2. The number of anilines is 1. The van der Waals surface area contributed by atoms with E-state index >= 15 is 0 Å². The molecule has 3 N–H and O–H groups in total. The Balaban J connectivity index is 1.83. The number of ether oxygens (including phenoxy) is 1. The maximum absolute atomic E-state index is 12.1. The summed E-state index contributed by atoms with van der Waals surface area (Å²) in [6.45, 7) is 1.47. The fourth-order valence-electron chi connectivity index (χ4n) is 1.77. The molecular formula is C16H15BrN2O4S2. The summed E-state index contributed by atoms with van der Waals surface area (Å²) in [7, 11) is 0. The standard InChI is InChI=1S/C16H15BrN2O4S2/c1-9(15(22)19-16-12(14(18)21)6-7-24-16)23-13(20)8-25-11-4-2-10(17)3-5-11/h2-7,9H,8H2,1H3,(H2,18,21)(H,19,22). The molecule has 0 fully saturated rings. The van der Waals surface area contributed by atoms with E-state index in [1.807, 2.05) is 24.3 Å². The zero-order chi connectivity index (χ0) is 18.4. The molecule has 0 aliphatic rings. The van der Waals surface area contributed by atoms with E-state index in [0.29, 0.717) is 5.00 Å². The first kappa shape index (κ1) is 19.5. The Kier molecular flexibility index (Phi) is 7.03. The molecular weight excluding hydrogens is 428 g/mol. The molecule has 0 spiro atoms. The molecule has 0 aliphatic heterocycles. The Morgan fingerprint density at radius 1 is 1.28 bits per heavy atom. The van der Waals surface area contributed by atoms with Gasteiger partial charge in [-0.2, -0.15) is 0 Å². The van der Waals surface area contributed by atoms with Gasteiger partial charge >= 0.3 is 5.97 Å². The Bertz CT molecular complexity index is 777. The summed E-state index contributed by atoms with van der Waals surface area (Å²) in [5, 5.41) is 4.52. The maximum Gasteiger partial charge on any atom is 0.317 e. The van der Waals surface area contributed by atoms with Crippen molar-refractivity contribution in [2.75, 3.05) is 11.1 Å². The minimum atomic E-state index is -0.985. The topological polar surface area (TPSA) is 98.5 Å². The van der Waals surface area contributed by atoms with Crippen LogP contribution in [0.1, 0.15) is 17.3 Å². The summed E-state index contributed by atoms with van der Waals surface area (Å²) in [6, 6.07) is 9.02. The molecule has 0 saturated carbocycles. The van der Waals surface area contributed by atoms with E-state index in [4.69, 9.17) is 10.5 Å². The number of benzene rings is 1. The molecule has 2 rings (SSSR count). The first-order valence-electron chi connectivity index (χ1n) is 7.13. The van der Waals surface area contributed by atoms with Crippen molar-refractivity contribution < 1.29 is 19.1 Å². The van der Waals surface area contributed by atoms with Gasteiger partial charge in [-0.15, -0.1) is 23.1 Å². The van der Waals surface area contributed by atoms with Gasteiger partial charge in [0.25, 0.3) is 11.8 Å². The third-order valence-corrected chi connectivity index (χ3v) is 5.36. The SMILES string of the molecule is CC(OC(=O)CSc1ccc(Br)cc1)C(=O)Nc1sccc1C(N)=O. The maximum atomic E-state index is 12.1. The van der Waals surface area contributed by atoms with Crippen LogP contribution in [-0.2, 0) is 14.3 Å². The van der Waals surface area contributed by atoms with Crippen molar-refractivity contribution in [3.05, 3.63) is 45.7 Å². The zero-order valence-corrected chi connectivity index (χ0v) is 16.4. The van der Waals surface area contributed by atoms with E-state index in [-0.39, 0.29) is 11.3 Å². The molecule has 1 heterocycles. The number of carbonyl (C=O) groups excluding carboxylic acids is 3. The zero-order valence-electron chi connectivity index (χ0n) is 13.2. The number of rotatable bonds is 7. The van der Waals surface area contributed by atoms with Crippen LogP contribution in [0.15, 0.2) is 45.1 Å². The number of nitrogens with two attached hydrogens (primary N) is 1.